The summed E-state index contributed by atoms with van der Waals surface area (Å²) in [5.74, 6) is 1.02. The van der Waals surface area contributed by atoms with Gasteiger partial charge in [-0.2, -0.15) is 5.26 Å². The number of methoxy groups -OCH3 is 1. The van der Waals surface area contributed by atoms with E-state index in [1.165, 1.54) is 18.4 Å². The molecular weight excluding hydrogens is 448 g/mol. The maximum atomic E-state index is 12.2. The van der Waals surface area contributed by atoms with E-state index in [1.54, 1.807) is 67.8 Å². The lowest BCUT2D eigenvalue weighted by Gasteiger charge is -2.09. The van der Waals surface area contributed by atoms with Crippen LogP contribution in [0.2, 0.25) is 0 Å². The summed E-state index contributed by atoms with van der Waals surface area (Å²) in [6.45, 7) is 2.58. The predicted octanol–water partition coefficient (Wildman–Crippen LogP) is 4.53. The molecule has 0 spiro atoms. The van der Waals surface area contributed by atoms with Gasteiger partial charge in [0.2, 0.25) is 0 Å². The van der Waals surface area contributed by atoms with Crippen molar-refractivity contribution in [2.75, 3.05) is 13.7 Å². The summed E-state index contributed by atoms with van der Waals surface area (Å²) in [5, 5.41) is 11.9. The molecule has 0 aliphatic carbocycles. The number of esters is 1. The van der Waals surface area contributed by atoms with Gasteiger partial charge in [0.15, 0.2) is 11.5 Å². The van der Waals surface area contributed by atoms with Crippen molar-refractivity contribution in [3.63, 3.8) is 0 Å². The third-order valence-corrected chi connectivity index (χ3v) is 4.68. The van der Waals surface area contributed by atoms with Gasteiger partial charge in [0.1, 0.15) is 23.2 Å². The summed E-state index contributed by atoms with van der Waals surface area (Å²) < 4.78 is 21.2. The molecule has 2 aromatic carbocycles. The van der Waals surface area contributed by atoms with E-state index >= 15 is 0 Å². The van der Waals surface area contributed by atoms with E-state index in [1.807, 2.05) is 13.0 Å². The van der Waals surface area contributed by atoms with Gasteiger partial charge in [0, 0.05) is 6.08 Å². The van der Waals surface area contributed by atoms with Crippen molar-refractivity contribution in [2.24, 2.45) is 0 Å². The lowest BCUT2D eigenvalue weighted by molar-refractivity contribution is -0.128. The highest BCUT2D eigenvalue weighted by molar-refractivity contribution is 6.01. The van der Waals surface area contributed by atoms with Crippen LogP contribution < -0.4 is 19.5 Å². The number of carbonyl (C=O) groups is 2. The molecule has 1 heterocycles. The van der Waals surface area contributed by atoms with Crippen LogP contribution in [-0.2, 0) is 16.1 Å². The average molecular weight is 472 g/mol. The van der Waals surface area contributed by atoms with Crippen molar-refractivity contribution in [1.29, 1.82) is 5.26 Å². The summed E-state index contributed by atoms with van der Waals surface area (Å²) >= 11 is 0. The second kappa shape index (κ2) is 12.5. The first kappa shape index (κ1) is 24.9. The first-order valence-electron chi connectivity index (χ1n) is 10.8. The van der Waals surface area contributed by atoms with E-state index in [0.29, 0.717) is 35.2 Å². The van der Waals surface area contributed by atoms with Crippen molar-refractivity contribution in [2.45, 2.75) is 13.5 Å². The van der Waals surface area contributed by atoms with Gasteiger partial charge >= 0.3 is 5.97 Å². The van der Waals surface area contributed by atoms with Crippen LogP contribution in [0.3, 0.4) is 0 Å². The summed E-state index contributed by atoms with van der Waals surface area (Å²) in [5.41, 5.74) is 1.29. The van der Waals surface area contributed by atoms with Gasteiger partial charge in [-0.05, 0) is 66.6 Å². The Morgan fingerprint density at radius 3 is 2.51 bits per heavy atom. The zero-order chi connectivity index (χ0) is 25.0. The van der Waals surface area contributed by atoms with Crippen molar-refractivity contribution >= 4 is 24.0 Å². The molecular formula is C27H24N2O6. The number of carbonyl (C=O) groups excluding carboxylic acids is 2. The van der Waals surface area contributed by atoms with Gasteiger partial charge in [0.25, 0.3) is 5.91 Å². The zero-order valence-corrected chi connectivity index (χ0v) is 19.3. The zero-order valence-electron chi connectivity index (χ0n) is 19.3. The number of rotatable bonds is 10. The average Bonchev–Trinajstić information content (AvgIpc) is 3.40. The third-order valence-electron chi connectivity index (χ3n) is 4.68. The Morgan fingerprint density at radius 2 is 1.86 bits per heavy atom. The Labute approximate surface area is 203 Å². The van der Waals surface area contributed by atoms with E-state index in [-0.39, 0.29) is 12.1 Å². The summed E-state index contributed by atoms with van der Waals surface area (Å²) in [7, 11) is 1.55. The molecule has 1 aromatic heterocycles. The minimum absolute atomic E-state index is 0.0602. The fraction of sp³-hybridized carbons (Fsp3) is 0.148. The molecule has 0 bridgehead atoms. The number of furan rings is 1. The van der Waals surface area contributed by atoms with Gasteiger partial charge in [0.05, 0.1) is 26.5 Å². The van der Waals surface area contributed by atoms with E-state index in [0.717, 1.165) is 5.56 Å². The van der Waals surface area contributed by atoms with Crippen LogP contribution in [0.15, 0.2) is 76.9 Å². The van der Waals surface area contributed by atoms with Crippen molar-refractivity contribution in [1.82, 2.24) is 5.32 Å². The molecule has 3 aromatic rings. The second-order valence-electron chi connectivity index (χ2n) is 7.10. The number of amides is 1. The minimum Gasteiger partial charge on any atom is -0.493 e. The molecule has 0 aliphatic heterocycles. The van der Waals surface area contributed by atoms with E-state index < -0.39 is 11.9 Å². The number of nitrogens with one attached hydrogen (secondary N) is 1. The first-order chi connectivity index (χ1) is 17.0. The molecule has 178 valence electrons. The SMILES string of the molecule is CCOc1ccc(/C=C/C(=O)Oc2ccc(/C=C(\C#N)C(=O)NCc3ccco3)cc2)cc1OC. The molecule has 8 heteroatoms. The van der Waals surface area contributed by atoms with Crippen LogP contribution >= 0.6 is 0 Å². The number of hydrogen-bond donors (Lipinski definition) is 1. The lowest BCUT2D eigenvalue weighted by atomic mass is 10.1. The van der Waals surface area contributed by atoms with E-state index in [9.17, 15) is 14.9 Å². The maximum Gasteiger partial charge on any atom is 0.336 e. The molecule has 0 fully saturated rings. The minimum atomic E-state index is -0.559. The van der Waals surface area contributed by atoms with Crippen molar-refractivity contribution < 1.29 is 28.2 Å². The topological polar surface area (TPSA) is 111 Å². The Morgan fingerprint density at radius 1 is 1.09 bits per heavy atom. The Balaban J connectivity index is 1.58. The van der Waals surface area contributed by atoms with Gasteiger partial charge in [-0.3, -0.25) is 4.79 Å². The fourth-order valence-corrected chi connectivity index (χ4v) is 3.00. The normalized spacial score (nSPS) is 11.1. The Hall–Kier alpha value is -4.77. The standard InChI is InChI=1S/C27H24N2O6/c1-3-33-24-12-8-20(16-25(24)32-2)9-13-26(30)35-22-10-6-19(7-11-22)15-21(17-28)27(31)29-18-23-5-4-14-34-23/h4-16H,3,18H2,1-2H3,(H,29,31)/b13-9+,21-15+. The molecule has 0 saturated carbocycles. The highest BCUT2D eigenvalue weighted by atomic mass is 16.5. The number of benzene rings is 2. The van der Waals surface area contributed by atoms with Gasteiger partial charge in [-0.25, -0.2) is 4.79 Å². The number of nitrogens with zero attached hydrogens (tertiary/aromatic N) is 1. The van der Waals surface area contributed by atoms with Crippen LogP contribution in [0, 0.1) is 11.3 Å². The molecule has 0 atom stereocenters. The lowest BCUT2D eigenvalue weighted by Crippen LogP contribution is -2.23. The molecule has 8 nitrogen and oxygen atoms in total. The summed E-state index contributed by atoms with van der Waals surface area (Å²) in [6, 6.07) is 17.1. The molecule has 35 heavy (non-hydrogen) atoms. The quantitative estimate of drug-likeness (QED) is 0.200. The highest BCUT2D eigenvalue weighted by Gasteiger charge is 2.10. The van der Waals surface area contributed by atoms with Gasteiger partial charge in [-0.15, -0.1) is 0 Å². The largest absolute Gasteiger partial charge is 0.493 e. The smallest absolute Gasteiger partial charge is 0.336 e. The third kappa shape index (κ3) is 7.37. The fourth-order valence-electron chi connectivity index (χ4n) is 3.00. The van der Waals surface area contributed by atoms with Crippen LogP contribution in [-0.4, -0.2) is 25.6 Å². The molecule has 0 aliphatic rings. The molecule has 1 amide bonds. The monoisotopic (exact) mass is 472 g/mol. The van der Waals surface area contributed by atoms with E-state index in [4.69, 9.17) is 18.6 Å². The number of hydrogen-bond acceptors (Lipinski definition) is 7. The predicted molar refractivity (Wildman–Crippen MR) is 129 cm³/mol. The van der Waals surface area contributed by atoms with Crippen molar-refractivity contribution in [3.8, 4) is 23.3 Å². The van der Waals surface area contributed by atoms with E-state index in [2.05, 4.69) is 5.32 Å². The highest BCUT2D eigenvalue weighted by Crippen LogP contribution is 2.28. The maximum absolute atomic E-state index is 12.2. The van der Waals surface area contributed by atoms with Crippen LogP contribution in [0.25, 0.3) is 12.2 Å². The molecule has 0 radical (unpaired) electrons. The van der Waals surface area contributed by atoms with Crippen LogP contribution in [0.1, 0.15) is 23.8 Å². The Bertz CT molecular complexity index is 1250. The summed E-state index contributed by atoms with van der Waals surface area (Å²) in [4.78, 5) is 24.4. The van der Waals surface area contributed by atoms with Gasteiger partial charge in [-0.1, -0.05) is 18.2 Å². The summed E-state index contributed by atoms with van der Waals surface area (Å²) in [6.07, 6.45) is 5.87. The van der Waals surface area contributed by atoms with Crippen LogP contribution in [0.4, 0.5) is 0 Å². The second-order valence-corrected chi connectivity index (χ2v) is 7.10. The molecule has 1 N–H and O–H groups in total. The van der Waals surface area contributed by atoms with Gasteiger partial charge < -0.3 is 23.9 Å². The molecule has 0 unspecified atom stereocenters. The number of ether oxygens (including phenoxy) is 3. The van der Waals surface area contributed by atoms with Crippen molar-refractivity contribution in [3.05, 3.63) is 89.4 Å². The number of nitriles is 1. The first-order valence-corrected chi connectivity index (χ1v) is 10.8. The van der Waals surface area contributed by atoms with Crippen LogP contribution in [0.5, 0.6) is 17.2 Å². The molecule has 0 saturated heterocycles. The molecule has 3 rings (SSSR count). The Kier molecular flexibility index (Phi) is 8.85.